The van der Waals surface area contributed by atoms with Crippen LogP contribution in [0.1, 0.15) is 56.7 Å². The number of ether oxygens (including phenoxy) is 2. The Labute approximate surface area is 181 Å². The number of fused-ring (bicyclic) bond motifs is 1. The van der Waals surface area contributed by atoms with Gasteiger partial charge in [0.2, 0.25) is 0 Å². The molecule has 6 nitrogen and oxygen atoms in total. The van der Waals surface area contributed by atoms with Crippen LogP contribution in [-0.4, -0.2) is 54.7 Å². The molecule has 0 heterocycles. The molecule has 174 valence electrons. The molecule has 1 spiro atoms. The maximum absolute atomic E-state index is 12.6. The number of nitrogens with zero attached hydrogens (tertiary/aromatic N) is 2. The summed E-state index contributed by atoms with van der Waals surface area (Å²) in [5.74, 6) is 0.394. The zero-order valence-corrected chi connectivity index (χ0v) is 18.3. The molecule has 9 heteroatoms. The van der Waals surface area contributed by atoms with E-state index in [-0.39, 0.29) is 42.0 Å². The van der Waals surface area contributed by atoms with E-state index < -0.39 is 12.8 Å². The van der Waals surface area contributed by atoms with Crippen molar-refractivity contribution in [1.29, 1.82) is 0 Å². The van der Waals surface area contributed by atoms with Crippen molar-refractivity contribution < 1.29 is 27.8 Å². The molecule has 1 saturated carbocycles. The molecule has 0 saturated heterocycles. The summed E-state index contributed by atoms with van der Waals surface area (Å²) in [6.45, 7) is 2.21. The molecule has 0 aromatic heterocycles. The van der Waals surface area contributed by atoms with E-state index in [0.717, 1.165) is 43.2 Å². The maximum Gasteiger partial charge on any atom is 0.422 e. The number of aliphatic hydroxyl groups is 1. The van der Waals surface area contributed by atoms with Crippen LogP contribution >= 0.6 is 0 Å². The van der Waals surface area contributed by atoms with Crippen LogP contribution in [0.25, 0.3) is 0 Å². The van der Waals surface area contributed by atoms with Gasteiger partial charge in [0.25, 0.3) is 0 Å². The lowest BCUT2D eigenvalue weighted by molar-refractivity contribution is -0.153. The molecule has 31 heavy (non-hydrogen) atoms. The van der Waals surface area contributed by atoms with Crippen LogP contribution in [-0.2, 0) is 11.2 Å². The number of nitrogens with two attached hydrogens (primary N) is 1. The van der Waals surface area contributed by atoms with E-state index in [2.05, 4.69) is 0 Å². The van der Waals surface area contributed by atoms with E-state index in [0.29, 0.717) is 0 Å². The lowest BCUT2D eigenvalue weighted by Gasteiger charge is -2.40. The summed E-state index contributed by atoms with van der Waals surface area (Å²) in [5, 5.41) is 9.72. The predicted molar refractivity (Wildman–Crippen MR) is 112 cm³/mol. The maximum atomic E-state index is 12.6. The second kappa shape index (κ2) is 9.24. The fraction of sp³-hybridized carbons (Fsp3) is 0.682. The van der Waals surface area contributed by atoms with E-state index in [1.165, 1.54) is 0 Å². The third kappa shape index (κ3) is 5.26. The molecule has 1 aromatic carbocycles. The highest BCUT2D eigenvalue weighted by atomic mass is 19.4. The van der Waals surface area contributed by atoms with Crippen LogP contribution in [0.4, 0.5) is 13.2 Å². The average molecular weight is 444 g/mol. The highest BCUT2D eigenvalue weighted by Gasteiger charge is 2.48. The second-order valence-electron chi connectivity index (χ2n) is 8.83. The van der Waals surface area contributed by atoms with Crippen molar-refractivity contribution in [2.45, 2.75) is 70.3 Å². The monoisotopic (exact) mass is 443 g/mol. The van der Waals surface area contributed by atoms with Crippen LogP contribution in [0, 0.1) is 5.41 Å². The first-order chi connectivity index (χ1) is 14.6. The zero-order chi connectivity index (χ0) is 22.8. The summed E-state index contributed by atoms with van der Waals surface area (Å²) in [5.41, 5.74) is 8.00. The van der Waals surface area contributed by atoms with E-state index in [9.17, 15) is 18.3 Å². The first-order valence-electron chi connectivity index (χ1n) is 10.6. The predicted octanol–water partition coefficient (Wildman–Crippen LogP) is 3.78. The van der Waals surface area contributed by atoms with Gasteiger partial charge in [-0.25, -0.2) is 4.99 Å². The molecule has 1 unspecified atom stereocenters. The first-order valence-corrected chi connectivity index (χ1v) is 10.6. The molecular weight excluding hydrogens is 411 g/mol. The molecule has 2 aliphatic carbocycles. The number of alkyl halides is 3. The van der Waals surface area contributed by atoms with Gasteiger partial charge in [-0.1, -0.05) is 6.07 Å². The van der Waals surface area contributed by atoms with Crippen molar-refractivity contribution in [2.24, 2.45) is 16.1 Å². The van der Waals surface area contributed by atoms with E-state index >= 15 is 0 Å². The van der Waals surface area contributed by atoms with Crippen LogP contribution in [0.2, 0.25) is 0 Å². The van der Waals surface area contributed by atoms with Crippen LogP contribution in [0.15, 0.2) is 23.2 Å². The molecule has 1 atom stereocenters. The third-order valence-corrected chi connectivity index (χ3v) is 6.53. The van der Waals surface area contributed by atoms with Gasteiger partial charge >= 0.3 is 6.18 Å². The molecule has 3 rings (SSSR count). The summed E-state index contributed by atoms with van der Waals surface area (Å²) in [7, 11) is 1.71. The number of hydrogen-bond donors (Lipinski definition) is 2. The third-order valence-electron chi connectivity index (χ3n) is 6.53. The largest absolute Gasteiger partial charge is 0.484 e. The number of rotatable bonds is 6. The van der Waals surface area contributed by atoms with Gasteiger partial charge in [-0.3, -0.25) is 0 Å². The molecule has 3 N–H and O–H groups in total. The van der Waals surface area contributed by atoms with Gasteiger partial charge < -0.3 is 25.2 Å². The van der Waals surface area contributed by atoms with Gasteiger partial charge in [0, 0.05) is 18.6 Å². The van der Waals surface area contributed by atoms with Gasteiger partial charge in [-0.05, 0) is 69.2 Å². The molecular formula is C22H32F3N3O3. The molecule has 0 amide bonds. The lowest BCUT2D eigenvalue weighted by atomic mass is 9.68. The molecule has 1 fully saturated rings. The molecule has 0 radical (unpaired) electrons. The van der Waals surface area contributed by atoms with Gasteiger partial charge in [-0.15, -0.1) is 0 Å². The topological polar surface area (TPSA) is 80.3 Å². The van der Waals surface area contributed by atoms with Gasteiger partial charge in [0.15, 0.2) is 12.6 Å². The Morgan fingerprint density at radius 3 is 2.55 bits per heavy atom. The van der Waals surface area contributed by atoms with E-state index in [1.807, 2.05) is 19.9 Å². The number of benzene rings is 1. The van der Waals surface area contributed by atoms with Crippen molar-refractivity contribution in [3.63, 3.8) is 0 Å². The molecule has 0 bridgehead atoms. The Bertz CT molecular complexity index is 790. The quantitative estimate of drug-likeness (QED) is 0.397. The Morgan fingerprint density at radius 2 is 2.00 bits per heavy atom. The summed E-state index contributed by atoms with van der Waals surface area (Å²) < 4.78 is 48.4. The van der Waals surface area contributed by atoms with E-state index in [1.54, 1.807) is 24.1 Å². The number of aliphatic hydroxyl groups excluding tert-OH is 1. The lowest BCUT2D eigenvalue weighted by Crippen LogP contribution is -2.44. The summed E-state index contributed by atoms with van der Waals surface area (Å²) in [6.07, 6.45) is 0.109. The van der Waals surface area contributed by atoms with Crippen molar-refractivity contribution >= 4 is 5.96 Å². The second-order valence-corrected chi connectivity index (χ2v) is 8.83. The van der Waals surface area contributed by atoms with Crippen LogP contribution in [0.5, 0.6) is 5.75 Å². The minimum Gasteiger partial charge on any atom is -0.484 e. The highest BCUT2D eigenvalue weighted by molar-refractivity contribution is 5.78. The van der Waals surface area contributed by atoms with Crippen molar-refractivity contribution in [3.8, 4) is 5.75 Å². The number of aliphatic imine (C=N–C) groups is 1. The van der Waals surface area contributed by atoms with Crippen LogP contribution in [0.3, 0.4) is 0 Å². The van der Waals surface area contributed by atoms with Crippen molar-refractivity contribution in [2.75, 3.05) is 20.4 Å². The minimum absolute atomic E-state index is 0.0451. The number of methoxy groups -OCH3 is 1. The number of guanidine groups is 1. The Hall–Kier alpha value is -2.00. The SMILES string of the molecule is COC1CCC2(CC1)Cc1ccc(OCC(F)(F)F)cc1C2/N=C(/N)N(CO)C(C)C. The molecule has 1 aromatic rings. The fourth-order valence-electron chi connectivity index (χ4n) is 4.81. The summed E-state index contributed by atoms with van der Waals surface area (Å²) in [6, 6.07) is 4.73. The fourth-order valence-corrected chi connectivity index (χ4v) is 4.81. The number of hydrogen-bond acceptors (Lipinski definition) is 4. The van der Waals surface area contributed by atoms with Gasteiger partial charge in [0.1, 0.15) is 12.5 Å². The number of halogens is 3. The summed E-state index contributed by atoms with van der Waals surface area (Å²) in [4.78, 5) is 6.42. The van der Waals surface area contributed by atoms with Crippen molar-refractivity contribution in [1.82, 2.24) is 4.90 Å². The standard InChI is InChI=1S/C22H32F3N3O3/c1-14(2)28(13-29)20(26)27-19-18-10-17(31-12-22(23,24)25)5-4-15(18)11-21(19)8-6-16(30-3)7-9-21/h4-5,10,14,16,19,29H,6-9,11-13H2,1-3H3,(H2,26,27). The van der Waals surface area contributed by atoms with Crippen molar-refractivity contribution in [3.05, 3.63) is 29.3 Å². The van der Waals surface area contributed by atoms with Gasteiger partial charge in [0.05, 0.1) is 12.1 Å². The van der Waals surface area contributed by atoms with E-state index in [4.69, 9.17) is 20.2 Å². The smallest absolute Gasteiger partial charge is 0.422 e. The Balaban J connectivity index is 1.96. The average Bonchev–Trinajstić information content (AvgIpc) is 2.99. The Morgan fingerprint density at radius 1 is 1.32 bits per heavy atom. The first kappa shape index (κ1) is 23.7. The summed E-state index contributed by atoms with van der Waals surface area (Å²) >= 11 is 0. The zero-order valence-electron chi connectivity index (χ0n) is 18.3. The Kier molecular flexibility index (Phi) is 7.05. The molecule has 2 aliphatic rings. The molecule has 0 aliphatic heterocycles. The normalized spacial score (nSPS) is 26.4. The highest BCUT2D eigenvalue weighted by Crippen LogP contribution is 2.56. The van der Waals surface area contributed by atoms with Gasteiger partial charge in [-0.2, -0.15) is 13.2 Å². The van der Waals surface area contributed by atoms with Crippen LogP contribution < -0.4 is 10.5 Å². The minimum atomic E-state index is -4.40.